The minimum atomic E-state index is 0.218. The molecule has 0 bridgehead atoms. The number of carbonyl (C=O) groups excluding carboxylic acids is 1. The van der Waals surface area contributed by atoms with Gasteiger partial charge < -0.3 is 15.5 Å². The second-order valence-electron chi connectivity index (χ2n) is 5.13. The lowest BCUT2D eigenvalue weighted by molar-refractivity contribution is -0.132. The van der Waals surface area contributed by atoms with Crippen LogP contribution in [0.2, 0.25) is 0 Å². The van der Waals surface area contributed by atoms with Crippen LogP contribution in [0.4, 0.5) is 5.95 Å². The molecular formula is C14H23N5O. The van der Waals surface area contributed by atoms with Crippen LogP contribution in [0.3, 0.4) is 0 Å². The molecule has 6 heteroatoms. The van der Waals surface area contributed by atoms with E-state index in [1.54, 1.807) is 18.5 Å². The van der Waals surface area contributed by atoms with Crippen molar-refractivity contribution < 1.29 is 4.79 Å². The van der Waals surface area contributed by atoms with E-state index in [9.17, 15) is 4.79 Å². The summed E-state index contributed by atoms with van der Waals surface area (Å²) < 4.78 is 0. The van der Waals surface area contributed by atoms with Gasteiger partial charge in [0.25, 0.3) is 0 Å². The van der Waals surface area contributed by atoms with Gasteiger partial charge in [-0.2, -0.15) is 0 Å². The molecule has 1 aliphatic rings. The maximum Gasteiger partial charge on any atom is 0.225 e. The van der Waals surface area contributed by atoms with Crippen LogP contribution >= 0.6 is 0 Å². The van der Waals surface area contributed by atoms with Crippen LogP contribution in [0.1, 0.15) is 19.8 Å². The molecule has 2 rings (SSSR count). The number of hydrogen-bond donors (Lipinski definition) is 1. The van der Waals surface area contributed by atoms with E-state index in [0.717, 1.165) is 38.5 Å². The maximum atomic E-state index is 12.2. The van der Waals surface area contributed by atoms with E-state index in [0.29, 0.717) is 18.9 Å². The van der Waals surface area contributed by atoms with Crippen LogP contribution in [0.25, 0.3) is 0 Å². The van der Waals surface area contributed by atoms with Gasteiger partial charge in [0, 0.05) is 45.0 Å². The Morgan fingerprint density at radius 1 is 1.30 bits per heavy atom. The van der Waals surface area contributed by atoms with Crippen LogP contribution < -0.4 is 10.6 Å². The Kier molecular flexibility index (Phi) is 5.29. The zero-order valence-corrected chi connectivity index (χ0v) is 12.0. The molecule has 0 aliphatic carbocycles. The lowest BCUT2D eigenvalue weighted by Crippen LogP contribution is -2.49. The molecule has 0 spiro atoms. The van der Waals surface area contributed by atoms with Gasteiger partial charge in [-0.05, 0) is 18.5 Å². The first-order valence-corrected chi connectivity index (χ1v) is 7.24. The van der Waals surface area contributed by atoms with Crippen LogP contribution in [0.5, 0.6) is 0 Å². The van der Waals surface area contributed by atoms with Crippen molar-refractivity contribution in [3.05, 3.63) is 18.5 Å². The summed E-state index contributed by atoms with van der Waals surface area (Å²) in [4.78, 5) is 24.7. The third kappa shape index (κ3) is 3.66. The first-order valence-electron chi connectivity index (χ1n) is 7.24. The van der Waals surface area contributed by atoms with Crippen LogP contribution in [0.15, 0.2) is 18.5 Å². The van der Waals surface area contributed by atoms with E-state index in [2.05, 4.69) is 21.8 Å². The summed E-state index contributed by atoms with van der Waals surface area (Å²) in [6.07, 6.45) is 5.01. The molecule has 6 nitrogen and oxygen atoms in total. The van der Waals surface area contributed by atoms with Gasteiger partial charge in [0.1, 0.15) is 0 Å². The fraction of sp³-hybridized carbons (Fsp3) is 0.643. The van der Waals surface area contributed by atoms with Gasteiger partial charge in [-0.15, -0.1) is 0 Å². The minimum Gasteiger partial charge on any atom is -0.339 e. The Balaban J connectivity index is 1.83. The van der Waals surface area contributed by atoms with E-state index in [4.69, 9.17) is 5.73 Å². The van der Waals surface area contributed by atoms with E-state index in [1.807, 2.05) is 4.90 Å². The summed E-state index contributed by atoms with van der Waals surface area (Å²) in [5, 5.41) is 0. The molecule has 1 aliphatic heterocycles. The molecule has 1 atom stereocenters. The smallest absolute Gasteiger partial charge is 0.225 e. The Morgan fingerprint density at radius 2 is 1.95 bits per heavy atom. The van der Waals surface area contributed by atoms with Crippen molar-refractivity contribution in [3.63, 3.8) is 0 Å². The number of nitrogens with zero attached hydrogens (tertiary/aromatic N) is 4. The lowest BCUT2D eigenvalue weighted by atomic mass is 10.0. The number of rotatable bonds is 5. The number of nitrogens with two attached hydrogens (primary N) is 1. The standard InChI is InChI=1S/C14H23N5O/c1-2-12(11-15)10-13(20)18-6-8-19(9-7-18)14-16-4-3-5-17-14/h3-5,12H,2,6-11,15H2,1H3. The third-order valence-electron chi connectivity index (χ3n) is 3.84. The maximum absolute atomic E-state index is 12.2. The highest BCUT2D eigenvalue weighted by atomic mass is 16.2. The van der Waals surface area contributed by atoms with Crippen molar-refractivity contribution in [1.29, 1.82) is 0 Å². The molecule has 1 amide bonds. The number of amides is 1. The lowest BCUT2D eigenvalue weighted by Gasteiger charge is -2.35. The van der Waals surface area contributed by atoms with Gasteiger partial charge in [-0.25, -0.2) is 9.97 Å². The number of carbonyl (C=O) groups is 1. The molecule has 1 saturated heterocycles. The van der Waals surface area contributed by atoms with Gasteiger partial charge in [-0.3, -0.25) is 4.79 Å². The predicted molar refractivity (Wildman–Crippen MR) is 78.3 cm³/mol. The summed E-state index contributed by atoms with van der Waals surface area (Å²) in [5.41, 5.74) is 5.66. The average molecular weight is 277 g/mol. The predicted octanol–water partition coefficient (Wildman–Crippen LogP) is 0.500. The summed E-state index contributed by atoms with van der Waals surface area (Å²) in [6.45, 7) is 5.70. The van der Waals surface area contributed by atoms with E-state index in [1.165, 1.54) is 0 Å². The van der Waals surface area contributed by atoms with Crippen molar-refractivity contribution in [2.75, 3.05) is 37.6 Å². The molecule has 0 aromatic carbocycles. The Labute approximate surface area is 120 Å². The highest BCUT2D eigenvalue weighted by molar-refractivity contribution is 5.76. The number of aromatic nitrogens is 2. The van der Waals surface area contributed by atoms with Crippen molar-refractivity contribution >= 4 is 11.9 Å². The van der Waals surface area contributed by atoms with Crippen molar-refractivity contribution in [2.24, 2.45) is 11.7 Å². The van der Waals surface area contributed by atoms with Crippen molar-refractivity contribution in [2.45, 2.75) is 19.8 Å². The number of anilines is 1. The quantitative estimate of drug-likeness (QED) is 0.848. The van der Waals surface area contributed by atoms with Crippen LogP contribution in [0, 0.1) is 5.92 Å². The molecule has 1 aromatic rings. The van der Waals surface area contributed by atoms with Crippen LogP contribution in [-0.4, -0.2) is 53.5 Å². The number of piperazine rings is 1. The molecule has 20 heavy (non-hydrogen) atoms. The second kappa shape index (κ2) is 7.19. The minimum absolute atomic E-state index is 0.218. The first-order chi connectivity index (χ1) is 9.74. The second-order valence-corrected chi connectivity index (χ2v) is 5.13. The Morgan fingerprint density at radius 3 is 2.50 bits per heavy atom. The van der Waals surface area contributed by atoms with Gasteiger partial charge in [-0.1, -0.05) is 13.3 Å². The highest BCUT2D eigenvalue weighted by Gasteiger charge is 2.23. The largest absolute Gasteiger partial charge is 0.339 e. The molecule has 1 unspecified atom stereocenters. The van der Waals surface area contributed by atoms with E-state index >= 15 is 0 Å². The molecule has 0 radical (unpaired) electrons. The van der Waals surface area contributed by atoms with Gasteiger partial charge >= 0.3 is 0 Å². The SMILES string of the molecule is CCC(CN)CC(=O)N1CCN(c2ncccn2)CC1. The molecule has 2 heterocycles. The van der Waals surface area contributed by atoms with E-state index < -0.39 is 0 Å². The zero-order chi connectivity index (χ0) is 14.4. The van der Waals surface area contributed by atoms with Crippen molar-refractivity contribution in [1.82, 2.24) is 14.9 Å². The number of hydrogen-bond acceptors (Lipinski definition) is 5. The molecular weight excluding hydrogens is 254 g/mol. The van der Waals surface area contributed by atoms with Gasteiger partial charge in [0.2, 0.25) is 11.9 Å². The normalized spacial score (nSPS) is 17.1. The zero-order valence-electron chi connectivity index (χ0n) is 12.0. The molecule has 2 N–H and O–H groups in total. The third-order valence-corrected chi connectivity index (χ3v) is 3.84. The first kappa shape index (κ1) is 14.7. The molecule has 1 fully saturated rings. The van der Waals surface area contributed by atoms with Gasteiger partial charge in [0.05, 0.1) is 0 Å². The summed E-state index contributed by atoms with van der Waals surface area (Å²) in [6, 6.07) is 1.81. The average Bonchev–Trinajstić information content (AvgIpc) is 2.53. The van der Waals surface area contributed by atoms with Crippen molar-refractivity contribution in [3.8, 4) is 0 Å². The molecule has 0 saturated carbocycles. The van der Waals surface area contributed by atoms with E-state index in [-0.39, 0.29) is 5.91 Å². The highest BCUT2D eigenvalue weighted by Crippen LogP contribution is 2.13. The Hall–Kier alpha value is -1.69. The van der Waals surface area contributed by atoms with Crippen LogP contribution in [-0.2, 0) is 4.79 Å². The Bertz CT molecular complexity index is 413. The molecule has 110 valence electrons. The summed E-state index contributed by atoms with van der Waals surface area (Å²) in [7, 11) is 0. The van der Waals surface area contributed by atoms with Gasteiger partial charge in [0.15, 0.2) is 0 Å². The fourth-order valence-electron chi connectivity index (χ4n) is 2.38. The summed E-state index contributed by atoms with van der Waals surface area (Å²) in [5.74, 6) is 1.27. The summed E-state index contributed by atoms with van der Waals surface area (Å²) >= 11 is 0. The topological polar surface area (TPSA) is 75.4 Å². The monoisotopic (exact) mass is 277 g/mol. The fourth-order valence-corrected chi connectivity index (χ4v) is 2.38. The molecule has 1 aromatic heterocycles.